The summed E-state index contributed by atoms with van der Waals surface area (Å²) in [4.78, 5) is 13.3. The molecule has 0 saturated heterocycles. The smallest absolute Gasteiger partial charge is 0.238 e. The number of rotatable bonds is 4. The first-order valence-corrected chi connectivity index (χ1v) is 5.80. The van der Waals surface area contributed by atoms with E-state index in [4.69, 9.17) is 0 Å². The molecule has 0 heterocycles. The summed E-state index contributed by atoms with van der Waals surface area (Å²) >= 11 is 0. The van der Waals surface area contributed by atoms with Crippen LogP contribution in [0.1, 0.15) is 24.3 Å². The highest BCUT2D eigenvalue weighted by Gasteiger charge is 2.26. The lowest BCUT2D eigenvalue weighted by atomic mass is 10.1. The topological polar surface area (TPSA) is 32.3 Å². The van der Waals surface area contributed by atoms with Crippen LogP contribution in [0.5, 0.6) is 0 Å². The largest absolute Gasteiger partial charge is 0.325 e. The maximum atomic E-state index is 13.7. The number of nitrogens with one attached hydrogen (secondary N) is 1. The van der Waals surface area contributed by atoms with Crippen LogP contribution in [0.25, 0.3) is 0 Å². The molecule has 1 amide bonds. The van der Waals surface area contributed by atoms with E-state index in [9.17, 15) is 9.18 Å². The van der Waals surface area contributed by atoms with Gasteiger partial charge >= 0.3 is 0 Å². The highest BCUT2D eigenvalue weighted by Crippen LogP contribution is 2.41. The molecule has 1 fully saturated rings. The number of benzene rings is 1. The number of carbonyl (C=O) groups is 1. The fourth-order valence-corrected chi connectivity index (χ4v) is 1.82. The maximum Gasteiger partial charge on any atom is 0.238 e. The van der Waals surface area contributed by atoms with Gasteiger partial charge in [0.15, 0.2) is 0 Å². The molecule has 1 aliphatic carbocycles. The van der Waals surface area contributed by atoms with Crippen molar-refractivity contribution in [2.75, 3.05) is 26.0 Å². The van der Waals surface area contributed by atoms with E-state index in [1.54, 1.807) is 17.0 Å². The second-order valence-electron chi connectivity index (χ2n) is 4.80. The zero-order valence-electron chi connectivity index (χ0n) is 10.2. The zero-order valence-corrected chi connectivity index (χ0v) is 10.2. The molecule has 3 nitrogen and oxygen atoms in total. The third-order valence-corrected chi connectivity index (χ3v) is 2.76. The minimum Gasteiger partial charge on any atom is -0.325 e. The Bertz CT molecular complexity index is 427. The summed E-state index contributed by atoms with van der Waals surface area (Å²) in [5.41, 5.74) is 1.30. The Morgan fingerprint density at radius 3 is 2.71 bits per heavy atom. The van der Waals surface area contributed by atoms with E-state index in [1.165, 1.54) is 6.07 Å². The Morgan fingerprint density at radius 2 is 2.18 bits per heavy atom. The normalized spacial score (nSPS) is 15.1. The molecule has 0 atom stereocenters. The summed E-state index contributed by atoms with van der Waals surface area (Å²) in [5.74, 6) is 0.0465. The third-order valence-electron chi connectivity index (χ3n) is 2.76. The number of nitrogens with zero attached hydrogens (tertiary/aromatic N) is 1. The van der Waals surface area contributed by atoms with Crippen LogP contribution in [0.15, 0.2) is 18.2 Å². The lowest BCUT2D eigenvalue weighted by molar-refractivity contribution is -0.116. The summed E-state index contributed by atoms with van der Waals surface area (Å²) in [5, 5.41) is 2.68. The number of amides is 1. The summed E-state index contributed by atoms with van der Waals surface area (Å²) in [6, 6.07) is 4.95. The Morgan fingerprint density at radius 1 is 1.47 bits per heavy atom. The molecular weight excluding hydrogens is 219 g/mol. The van der Waals surface area contributed by atoms with Gasteiger partial charge in [-0.25, -0.2) is 4.39 Å². The van der Waals surface area contributed by atoms with Gasteiger partial charge in [0.05, 0.1) is 6.54 Å². The number of hydrogen-bond acceptors (Lipinski definition) is 2. The van der Waals surface area contributed by atoms with Crippen molar-refractivity contribution in [2.24, 2.45) is 0 Å². The highest BCUT2D eigenvalue weighted by molar-refractivity contribution is 5.92. The average Bonchev–Trinajstić information content (AvgIpc) is 2.99. The summed E-state index contributed by atoms with van der Waals surface area (Å²) in [7, 11) is 3.63. The Labute approximate surface area is 101 Å². The van der Waals surface area contributed by atoms with Gasteiger partial charge in [-0.2, -0.15) is 0 Å². The predicted molar refractivity (Wildman–Crippen MR) is 65.6 cm³/mol. The Kier molecular flexibility index (Phi) is 3.43. The second kappa shape index (κ2) is 4.84. The van der Waals surface area contributed by atoms with E-state index >= 15 is 0 Å². The molecule has 0 aromatic heterocycles. The summed E-state index contributed by atoms with van der Waals surface area (Å²) < 4.78 is 13.7. The maximum absolute atomic E-state index is 13.7. The van der Waals surface area contributed by atoms with E-state index in [-0.39, 0.29) is 11.7 Å². The van der Waals surface area contributed by atoms with E-state index in [0.717, 1.165) is 18.4 Å². The van der Waals surface area contributed by atoms with Gasteiger partial charge in [-0.1, -0.05) is 6.07 Å². The van der Waals surface area contributed by atoms with Crippen molar-refractivity contribution >= 4 is 11.6 Å². The van der Waals surface area contributed by atoms with Crippen LogP contribution in [-0.2, 0) is 4.79 Å². The molecule has 17 heavy (non-hydrogen) atoms. The zero-order chi connectivity index (χ0) is 12.4. The van der Waals surface area contributed by atoms with Crippen molar-refractivity contribution in [3.05, 3.63) is 29.6 Å². The molecule has 1 aromatic carbocycles. The van der Waals surface area contributed by atoms with Crippen LogP contribution in [0.3, 0.4) is 0 Å². The highest BCUT2D eigenvalue weighted by atomic mass is 19.1. The molecule has 1 saturated carbocycles. The van der Waals surface area contributed by atoms with Crippen molar-refractivity contribution in [2.45, 2.75) is 18.8 Å². The van der Waals surface area contributed by atoms with Crippen molar-refractivity contribution in [3.63, 3.8) is 0 Å². The van der Waals surface area contributed by atoms with Crippen LogP contribution >= 0.6 is 0 Å². The first kappa shape index (κ1) is 12.0. The molecule has 0 aliphatic heterocycles. The number of hydrogen-bond donors (Lipinski definition) is 1. The quantitative estimate of drug-likeness (QED) is 0.869. The molecule has 1 aliphatic rings. The first-order valence-electron chi connectivity index (χ1n) is 5.80. The van der Waals surface area contributed by atoms with Crippen LogP contribution in [0, 0.1) is 5.82 Å². The van der Waals surface area contributed by atoms with Crippen molar-refractivity contribution in [1.29, 1.82) is 0 Å². The van der Waals surface area contributed by atoms with Gasteiger partial charge in [-0.05, 0) is 50.6 Å². The first-order chi connectivity index (χ1) is 8.06. The van der Waals surface area contributed by atoms with E-state index in [2.05, 4.69) is 5.32 Å². The minimum atomic E-state index is -0.213. The molecule has 0 unspecified atom stereocenters. The molecule has 0 bridgehead atoms. The molecular formula is C13H17FN2O. The van der Waals surface area contributed by atoms with E-state index in [1.807, 2.05) is 14.1 Å². The minimum absolute atomic E-state index is 0.131. The molecule has 4 heteroatoms. The van der Waals surface area contributed by atoms with Gasteiger partial charge in [-0.15, -0.1) is 0 Å². The van der Waals surface area contributed by atoms with Crippen molar-refractivity contribution < 1.29 is 9.18 Å². The van der Waals surface area contributed by atoms with E-state index in [0.29, 0.717) is 18.2 Å². The molecule has 2 rings (SSSR count). The molecule has 92 valence electrons. The molecule has 0 spiro atoms. The lowest BCUT2D eigenvalue weighted by Gasteiger charge is -2.11. The van der Waals surface area contributed by atoms with Gasteiger partial charge in [0, 0.05) is 5.69 Å². The van der Waals surface area contributed by atoms with Crippen LogP contribution < -0.4 is 5.32 Å². The SMILES string of the molecule is CN(C)CC(=O)Nc1ccc(C2CC2)c(F)c1. The Hall–Kier alpha value is -1.42. The van der Waals surface area contributed by atoms with Gasteiger partial charge < -0.3 is 10.2 Å². The van der Waals surface area contributed by atoms with Crippen LogP contribution in [-0.4, -0.2) is 31.4 Å². The lowest BCUT2D eigenvalue weighted by Crippen LogP contribution is -2.27. The number of halogens is 1. The molecule has 1 N–H and O–H groups in total. The summed E-state index contributed by atoms with van der Waals surface area (Å²) in [6.07, 6.45) is 2.15. The fourth-order valence-electron chi connectivity index (χ4n) is 1.82. The monoisotopic (exact) mass is 236 g/mol. The average molecular weight is 236 g/mol. The van der Waals surface area contributed by atoms with E-state index < -0.39 is 0 Å². The molecule has 1 aromatic rings. The van der Waals surface area contributed by atoms with Crippen LogP contribution in [0.4, 0.5) is 10.1 Å². The number of likely N-dealkylation sites (N-methyl/N-ethyl adjacent to an activating group) is 1. The van der Waals surface area contributed by atoms with Crippen LogP contribution in [0.2, 0.25) is 0 Å². The van der Waals surface area contributed by atoms with Gasteiger partial charge in [0.1, 0.15) is 5.82 Å². The number of carbonyl (C=O) groups excluding carboxylic acids is 1. The summed E-state index contributed by atoms with van der Waals surface area (Å²) in [6.45, 7) is 0.298. The second-order valence-corrected chi connectivity index (χ2v) is 4.80. The van der Waals surface area contributed by atoms with Gasteiger partial charge in [-0.3, -0.25) is 4.79 Å². The molecule has 0 radical (unpaired) electrons. The predicted octanol–water partition coefficient (Wildman–Crippen LogP) is 2.20. The fraction of sp³-hybridized carbons (Fsp3) is 0.462. The standard InChI is InChI=1S/C13H17FN2O/c1-16(2)8-13(17)15-10-5-6-11(9-3-4-9)12(14)7-10/h5-7,9H,3-4,8H2,1-2H3,(H,15,17). The number of anilines is 1. The van der Waals surface area contributed by atoms with Gasteiger partial charge in [0.25, 0.3) is 0 Å². The van der Waals surface area contributed by atoms with Crippen molar-refractivity contribution in [1.82, 2.24) is 4.90 Å². The Balaban J connectivity index is 2.02. The third kappa shape index (κ3) is 3.27. The van der Waals surface area contributed by atoms with Gasteiger partial charge in [0.2, 0.25) is 5.91 Å². The van der Waals surface area contributed by atoms with Crippen molar-refractivity contribution in [3.8, 4) is 0 Å².